The number of benzene rings is 4. The predicted octanol–water partition coefficient (Wildman–Crippen LogP) is 5.90. The highest BCUT2D eigenvalue weighted by molar-refractivity contribution is 6.09. The van der Waals surface area contributed by atoms with Gasteiger partial charge in [0.15, 0.2) is 0 Å². The van der Waals surface area contributed by atoms with Crippen LogP contribution in [0.15, 0.2) is 97.1 Å². The SMILES string of the molecule is O=C(CN1CCCC1)Nc1cc(NC(=O)Nc2cc(NC(=O)CN3CCCC3)cc(C(=O)Nc3ccccc3)c2)cc(C(=O)Nc2ccccc2)c1. The molecule has 268 valence electrons. The van der Waals surface area contributed by atoms with Crippen LogP contribution in [0.2, 0.25) is 0 Å². The van der Waals surface area contributed by atoms with E-state index in [-0.39, 0.29) is 47.4 Å². The molecule has 4 aromatic carbocycles. The van der Waals surface area contributed by atoms with Gasteiger partial charge in [0, 0.05) is 45.3 Å². The Hall–Kier alpha value is -6.05. The zero-order valence-electron chi connectivity index (χ0n) is 28.7. The van der Waals surface area contributed by atoms with Gasteiger partial charge in [-0.15, -0.1) is 0 Å². The minimum Gasteiger partial charge on any atom is -0.325 e. The lowest BCUT2D eigenvalue weighted by Gasteiger charge is -2.17. The average molecular weight is 703 g/mol. The number of amides is 6. The van der Waals surface area contributed by atoms with Crippen LogP contribution >= 0.6 is 0 Å². The Labute approximate surface area is 302 Å². The molecule has 0 atom stereocenters. The number of nitrogens with one attached hydrogen (secondary N) is 6. The number of anilines is 6. The van der Waals surface area contributed by atoms with Crippen LogP contribution in [-0.2, 0) is 9.59 Å². The number of likely N-dealkylation sites (tertiary alicyclic amines) is 2. The smallest absolute Gasteiger partial charge is 0.323 e. The van der Waals surface area contributed by atoms with Gasteiger partial charge in [-0.1, -0.05) is 36.4 Å². The summed E-state index contributed by atoms with van der Waals surface area (Å²) in [5.74, 6) is -1.33. The van der Waals surface area contributed by atoms with Gasteiger partial charge in [-0.05, 0) is 113 Å². The van der Waals surface area contributed by atoms with Gasteiger partial charge in [-0.25, -0.2) is 4.79 Å². The maximum Gasteiger partial charge on any atom is 0.323 e. The van der Waals surface area contributed by atoms with Crippen LogP contribution in [0.5, 0.6) is 0 Å². The van der Waals surface area contributed by atoms with Gasteiger partial charge >= 0.3 is 6.03 Å². The molecule has 52 heavy (non-hydrogen) atoms. The quantitative estimate of drug-likeness (QED) is 0.107. The lowest BCUT2D eigenvalue weighted by molar-refractivity contribution is -0.117. The highest BCUT2D eigenvalue weighted by Crippen LogP contribution is 2.24. The largest absolute Gasteiger partial charge is 0.325 e. The zero-order valence-corrected chi connectivity index (χ0v) is 28.7. The third kappa shape index (κ3) is 10.5. The van der Waals surface area contributed by atoms with Gasteiger partial charge in [0.25, 0.3) is 11.8 Å². The van der Waals surface area contributed by atoms with Gasteiger partial charge in [0.1, 0.15) is 0 Å². The summed E-state index contributed by atoms with van der Waals surface area (Å²) in [5, 5.41) is 16.9. The summed E-state index contributed by atoms with van der Waals surface area (Å²) in [6.45, 7) is 3.82. The van der Waals surface area contributed by atoms with E-state index < -0.39 is 17.8 Å². The minimum absolute atomic E-state index is 0.209. The van der Waals surface area contributed by atoms with E-state index in [1.807, 2.05) is 12.1 Å². The molecule has 0 unspecified atom stereocenters. The molecule has 13 heteroatoms. The normalized spacial score (nSPS) is 14.3. The van der Waals surface area contributed by atoms with Crippen LogP contribution in [-0.4, -0.2) is 78.7 Å². The van der Waals surface area contributed by atoms with Crippen molar-refractivity contribution in [3.8, 4) is 0 Å². The molecule has 13 nitrogen and oxygen atoms in total. The van der Waals surface area contributed by atoms with Gasteiger partial charge < -0.3 is 31.9 Å². The van der Waals surface area contributed by atoms with Crippen molar-refractivity contribution < 1.29 is 24.0 Å². The van der Waals surface area contributed by atoms with Crippen molar-refractivity contribution in [1.29, 1.82) is 0 Å². The second-order valence-corrected chi connectivity index (χ2v) is 12.9. The summed E-state index contributed by atoms with van der Waals surface area (Å²) < 4.78 is 0. The molecule has 0 aliphatic carbocycles. The maximum absolute atomic E-state index is 13.4. The Balaban J connectivity index is 1.21. The van der Waals surface area contributed by atoms with Crippen molar-refractivity contribution in [2.24, 2.45) is 0 Å². The molecule has 4 aromatic rings. The molecule has 2 heterocycles. The second kappa shape index (κ2) is 17.2. The average Bonchev–Trinajstić information content (AvgIpc) is 3.83. The Bertz CT molecular complexity index is 1770. The lowest BCUT2D eigenvalue weighted by Crippen LogP contribution is -2.31. The zero-order chi connectivity index (χ0) is 36.3. The molecule has 0 radical (unpaired) electrons. The maximum atomic E-state index is 13.4. The van der Waals surface area contributed by atoms with E-state index >= 15 is 0 Å². The van der Waals surface area contributed by atoms with E-state index in [1.54, 1.807) is 72.8 Å². The summed E-state index contributed by atoms with van der Waals surface area (Å²) in [7, 11) is 0. The van der Waals surface area contributed by atoms with Crippen molar-refractivity contribution in [2.75, 3.05) is 71.2 Å². The highest BCUT2D eigenvalue weighted by atomic mass is 16.2. The minimum atomic E-state index is -0.676. The van der Waals surface area contributed by atoms with E-state index in [9.17, 15) is 24.0 Å². The molecule has 0 aromatic heterocycles. The Morgan fingerprint density at radius 2 is 0.769 bits per heavy atom. The van der Waals surface area contributed by atoms with Gasteiger partial charge in [0.05, 0.1) is 13.1 Å². The van der Waals surface area contributed by atoms with E-state index in [4.69, 9.17) is 0 Å². The lowest BCUT2D eigenvalue weighted by atomic mass is 10.1. The predicted molar refractivity (Wildman–Crippen MR) is 203 cm³/mol. The van der Waals surface area contributed by atoms with E-state index in [1.165, 1.54) is 12.1 Å². The summed E-state index contributed by atoms with van der Waals surface area (Å²) >= 11 is 0. The van der Waals surface area contributed by atoms with Crippen LogP contribution in [0.3, 0.4) is 0 Å². The summed E-state index contributed by atoms with van der Waals surface area (Å²) in [6.07, 6.45) is 4.16. The van der Waals surface area contributed by atoms with Crippen LogP contribution in [0, 0.1) is 0 Å². The topological polar surface area (TPSA) is 164 Å². The number of hydrogen-bond acceptors (Lipinski definition) is 7. The van der Waals surface area contributed by atoms with E-state index in [0.717, 1.165) is 51.9 Å². The first-order chi connectivity index (χ1) is 25.3. The van der Waals surface area contributed by atoms with Crippen molar-refractivity contribution in [2.45, 2.75) is 25.7 Å². The van der Waals surface area contributed by atoms with Crippen molar-refractivity contribution in [1.82, 2.24) is 9.80 Å². The number of hydrogen-bond donors (Lipinski definition) is 6. The molecule has 2 fully saturated rings. The number of rotatable bonds is 12. The fourth-order valence-corrected chi connectivity index (χ4v) is 6.24. The van der Waals surface area contributed by atoms with Gasteiger partial charge in [0.2, 0.25) is 11.8 Å². The van der Waals surface area contributed by atoms with Crippen LogP contribution < -0.4 is 31.9 Å². The fourth-order valence-electron chi connectivity index (χ4n) is 6.24. The first-order valence-electron chi connectivity index (χ1n) is 17.4. The monoisotopic (exact) mass is 702 g/mol. The fraction of sp³-hybridized carbons (Fsp3) is 0.256. The third-order valence-corrected chi connectivity index (χ3v) is 8.67. The molecule has 0 saturated carbocycles. The molecule has 2 aliphatic heterocycles. The first kappa shape index (κ1) is 35.8. The third-order valence-electron chi connectivity index (χ3n) is 8.67. The van der Waals surface area contributed by atoms with Crippen molar-refractivity contribution >= 4 is 63.8 Å². The van der Waals surface area contributed by atoms with Crippen LogP contribution in [0.4, 0.5) is 38.9 Å². The Morgan fingerprint density at radius 1 is 0.423 bits per heavy atom. The standard InChI is InChI=1S/C39H42N8O5/c48-35(25-46-15-7-8-16-46)40-31-19-27(37(50)42-29-11-3-1-4-12-29)21-33(23-31)44-39(52)45-34-22-28(38(51)43-30-13-5-2-6-14-30)20-32(24-34)41-36(49)26-47-17-9-10-18-47/h1-6,11-14,19-24H,7-10,15-18,25-26H2,(H,40,48)(H,41,49)(H,42,50)(H,43,51)(H2,44,45,52). The highest BCUT2D eigenvalue weighted by Gasteiger charge is 2.19. The Morgan fingerprint density at radius 3 is 1.13 bits per heavy atom. The van der Waals surface area contributed by atoms with Crippen LogP contribution in [0.25, 0.3) is 0 Å². The number of para-hydroxylation sites is 2. The van der Waals surface area contributed by atoms with Gasteiger partial charge in [-0.3, -0.25) is 29.0 Å². The number of carbonyl (C=O) groups is 5. The molecule has 6 amide bonds. The van der Waals surface area contributed by atoms with Gasteiger partial charge in [-0.2, -0.15) is 0 Å². The molecular formula is C39H42N8O5. The first-order valence-corrected chi connectivity index (χ1v) is 17.4. The molecule has 2 aliphatic rings. The summed E-state index contributed by atoms with van der Waals surface area (Å²) in [5.41, 5.74) is 2.75. The molecule has 6 N–H and O–H groups in total. The van der Waals surface area contributed by atoms with Crippen molar-refractivity contribution in [3.63, 3.8) is 0 Å². The number of carbonyl (C=O) groups excluding carboxylic acids is 5. The van der Waals surface area contributed by atoms with E-state index in [0.29, 0.717) is 22.7 Å². The van der Waals surface area contributed by atoms with Crippen LogP contribution in [0.1, 0.15) is 46.4 Å². The molecule has 2 saturated heterocycles. The van der Waals surface area contributed by atoms with E-state index in [2.05, 4.69) is 41.7 Å². The second-order valence-electron chi connectivity index (χ2n) is 12.9. The molecular weight excluding hydrogens is 660 g/mol. The molecule has 6 rings (SSSR count). The summed E-state index contributed by atoms with van der Waals surface area (Å²) in [6, 6.07) is 26.4. The molecule has 0 spiro atoms. The number of nitrogens with zero attached hydrogens (tertiary/aromatic N) is 2. The number of urea groups is 1. The Kier molecular flexibility index (Phi) is 11.9. The van der Waals surface area contributed by atoms with Crippen molar-refractivity contribution in [3.05, 3.63) is 108 Å². The summed E-state index contributed by atoms with van der Waals surface area (Å²) in [4.78, 5) is 70.0. The molecule has 0 bridgehead atoms.